The Kier molecular flexibility index (Phi) is 7.59. The van der Waals surface area contributed by atoms with Crippen LogP contribution in [0, 0.1) is 11.8 Å². The van der Waals surface area contributed by atoms with Crippen LogP contribution in [-0.4, -0.2) is 11.8 Å². The van der Waals surface area contributed by atoms with E-state index in [1.165, 1.54) is 11.1 Å². The quantitative estimate of drug-likeness (QED) is 0.670. The Balaban J connectivity index is 1.93. The normalized spacial score (nSPS) is 12.9. The van der Waals surface area contributed by atoms with Crippen molar-refractivity contribution in [3.8, 4) is 0 Å². The molecule has 0 heterocycles. The van der Waals surface area contributed by atoms with E-state index in [-0.39, 0.29) is 23.7 Å². The summed E-state index contributed by atoms with van der Waals surface area (Å²) >= 11 is 0. The lowest BCUT2D eigenvalue weighted by Crippen LogP contribution is -2.19. The molecule has 2 rings (SSSR count). The number of rotatable bonds is 8. The molecule has 2 atom stereocenters. The van der Waals surface area contributed by atoms with E-state index in [2.05, 4.69) is 10.6 Å². The first-order chi connectivity index (χ1) is 12.9. The van der Waals surface area contributed by atoms with Gasteiger partial charge in [0.1, 0.15) is 0 Å². The largest absolute Gasteiger partial charge is 0.326 e. The number of hydrogen-bond donors (Lipinski definition) is 2. The summed E-state index contributed by atoms with van der Waals surface area (Å²) in [5, 5.41) is 5.89. The number of carbonyl (C=O) groups excluding carboxylic acids is 2. The minimum absolute atomic E-state index is 0.0176. The maximum atomic E-state index is 11.9. The predicted octanol–water partition coefficient (Wildman–Crippen LogP) is 5.25. The molecule has 0 bridgehead atoms. The van der Waals surface area contributed by atoms with Crippen molar-refractivity contribution in [3.05, 3.63) is 59.7 Å². The highest BCUT2D eigenvalue weighted by molar-refractivity contribution is 5.92. The molecule has 0 unspecified atom stereocenters. The molecule has 0 aromatic heterocycles. The molecule has 144 valence electrons. The number of hydrogen-bond acceptors (Lipinski definition) is 2. The van der Waals surface area contributed by atoms with Crippen molar-refractivity contribution in [3.63, 3.8) is 0 Å². The zero-order chi connectivity index (χ0) is 19.8. The van der Waals surface area contributed by atoms with E-state index in [0.717, 1.165) is 30.6 Å². The van der Waals surface area contributed by atoms with Gasteiger partial charge >= 0.3 is 0 Å². The molecule has 4 heteroatoms. The average Bonchev–Trinajstić information content (AvgIpc) is 2.69. The summed E-state index contributed by atoms with van der Waals surface area (Å²) in [6.45, 7) is 7.88. The molecule has 0 aliphatic carbocycles. The highest BCUT2D eigenvalue weighted by atomic mass is 16.2. The summed E-state index contributed by atoms with van der Waals surface area (Å²) in [6.07, 6.45) is 2.47. The van der Waals surface area contributed by atoms with E-state index in [4.69, 9.17) is 0 Å². The van der Waals surface area contributed by atoms with Crippen LogP contribution in [0.2, 0.25) is 0 Å². The minimum Gasteiger partial charge on any atom is -0.326 e. The maximum Gasteiger partial charge on any atom is 0.227 e. The van der Waals surface area contributed by atoms with E-state index in [1.807, 2.05) is 76.2 Å². The van der Waals surface area contributed by atoms with Gasteiger partial charge in [-0.15, -0.1) is 0 Å². The number of anilines is 2. The standard InChI is InChI=1S/C23H30N2O2/c1-5-16(3)22(26)24-20-11-7-18(8-12-20)15-19-9-13-21(14-10-19)25-23(27)17(4)6-2/h7-14,16-17H,5-6,15H2,1-4H3,(H,24,26)(H,25,27)/t16-,17-/m0/s1. The van der Waals surface area contributed by atoms with Gasteiger partial charge in [-0.1, -0.05) is 52.0 Å². The summed E-state index contributed by atoms with van der Waals surface area (Å²) in [5.74, 6) is 0.147. The zero-order valence-electron chi connectivity index (χ0n) is 16.7. The Labute approximate surface area is 162 Å². The molecule has 0 saturated carbocycles. The lowest BCUT2D eigenvalue weighted by Gasteiger charge is -2.11. The fourth-order valence-corrected chi connectivity index (χ4v) is 2.55. The summed E-state index contributed by atoms with van der Waals surface area (Å²) in [5.41, 5.74) is 4.00. The molecule has 2 aromatic rings. The molecule has 0 spiro atoms. The first-order valence-electron chi connectivity index (χ1n) is 9.72. The van der Waals surface area contributed by atoms with Crippen LogP contribution < -0.4 is 10.6 Å². The molecule has 4 nitrogen and oxygen atoms in total. The van der Waals surface area contributed by atoms with Gasteiger partial charge in [-0.2, -0.15) is 0 Å². The van der Waals surface area contributed by atoms with Crippen molar-refractivity contribution in [2.24, 2.45) is 11.8 Å². The number of amides is 2. The Morgan fingerprint density at radius 2 is 1.04 bits per heavy atom. The van der Waals surface area contributed by atoms with Gasteiger partial charge in [0.15, 0.2) is 0 Å². The van der Waals surface area contributed by atoms with E-state index in [0.29, 0.717) is 0 Å². The first kappa shape index (κ1) is 20.7. The van der Waals surface area contributed by atoms with Crippen molar-refractivity contribution < 1.29 is 9.59 Å². The van der Waals surface area contributed by atoms with Crippen molar-refractivity contribution in [2.75, 3.05) is 10.6 Å². The Bertz CT molecular complexity index is 685. The van der Waals surface area contributed by atoms with Gasteiger partial charge in [0, 0.05) is 23.2 Å². The number of carbonyl (C=O) groups is 2. The summed E-state index contributed by atoms with van der Waals surface area (Å²) in [7, 11) is 0. The third-order valence-electron chi connectivity index (χ3n) is 4.97. The van der Waals surface area contributed by atoms with Gasteiger partial charge in [-0.25, -0.2) is 0 Å². The molecule has 27 heavy (non-hydrogen) atoms. The van der Waals surface area contributed by atoms with Crippen molar-refractivity contribution in [2.45, 2.75) is 47.0 Å². The van der Waals surface area contributed by atoms with Crippen LogP contribution in [0.5, 0.6) is 0 Å². The minimum atomic E-state index is 0.0176. The zero-order valence-corrected chi connectivity index (χ0v) is 16.7. The van der Waals surface area contributed by atoms with Crippen molar-refractivity contribution in [1.82, 2.24) is 0 Å². The third-order valence-corrected chi connectivity index (χ3v) is 4.97. The molecule has 2 N–H and O–H groups in total. The molecule has 2 aromatic carbocycles. The van der Waals surface area contributed by atoms with Crippen LogP contribution in [0.25, 0.3) is 0 Å². The molecular weight excluding hydrogens is 336 g/mol. The molecule has 0 aliphatic heterocycles. The maximum absolute atomic E-state index is 11.9. The van der Waals surface area contributed by atoms with Crippen molar-refractivity contribution >= 4 is 23.2 Å². The second-order valence-electron chi connectivity index (χ2n) is 7.17. The smallest absolute Gasteiger partial charge is 0.227 e. The molecule has 0 saturated heterocycles. The Hall–Kier alpha value is -2.62. The number of benzene rings is 2. The SMILES string of the molecule is CC[C@H](C)C(=O)Nc1ccc(Cc2ccc(NC(=O)[C@@H](C)CC)cc2)cc1. The average molecular weight is 367 g/mol. The molecular formula is C23H30N2O2. The molecule has 0 aliphatic rings. The Morgan fingerprint density at radius 1 is 0.704 bits per heavy atom. The first-order valence-corrected chi connectivity index (χ1v) is 9.72. The highest BCUT2D eigenvalue weighted by Gasteiger charge is 2.11. The van der Waals surface area contributed by atoms with Crippen LogP contribution in [0.1, 0.15) is 51.7 Å². The topological polar surface area (TPSA) is 58.2 Å². The van der Waals surface area contributed by atoms with Gasteiger partial charge in [-0.05, 0) is 54.7 Å². The monoisotopic (exact) mass is 366 g/mol. The molecule has 2 amide bonds. The van der Waals surface area contributed by atoms with Gasteiger partial charge in [-0.3, -0.25) is 9.59 Å². The lowest BCUT2D eigenvalue weighted by atomic mass is 10.0. The van der Waals surface area contributed by atoms with Crippen LogP contribution in [-0.2, 0) is 16.0 Å². The van der Waals surface area contributed by atoms with Crippen LogP contribution in [0.4, 0.5) is 11.4 Å². The Morgan fingerprint density at radius 3 is 1.33 bits per heavy atom. The van der Waals surface area contributed by atoms with Gasteiger partial charge < -0.3 is 10.6 Å². The van der Waals surface area contributed by atoms with Gasteiger partial charge in [0.2, 0.25) is 11.8 Å². The van der Waals surface area contributed by atoms with Crippen molar-refractivity contribution in [1.29, 1.82) is 0 Å². The molecule has 0 radical (unpaired) electrons. The predicted molar refractivity (Wildman–Crippen MR) is 112 cm³/mol. The van der Waals surface area contributed by atoms with E-state index in [9.17, 15) is 9.59 Å². The van der Waals surface area contributed by atoms with Crippen LogP contribution >= 0.6 is 0 Å². The van der Waals surface area contributed by atoms with E-state index < -0.39 is 0 Å². The fraction of sp³-hybridized carbons (Fsp3) is 0.391. The summed E-state index contributed by atoms with van der Waals surface area (Å²) in [4.78, 5) is 23.9. The lowest BCUT2D eigenvalue weighted by molar-refractivity contribution is -0.120. The van der Waals surface area contributed by atoms with Crippen LogP contribution in [0.15, 0.2) is 48.5 Å². The second-order valence-corrected chi connectivity index (χ2v) is 7.17. The van der Waals surface area contributed by atoms with Crippen LogP contribution in [0.3, 0.4) is 0 Å². The summed E-state index contributed by atoms with van der Waals surface area (Å²) in [6, 6.07) is 15.9. The molecule has 0 fully saturated rings. The van der Waals surface area contributed by atoms with E-state index >= 15 is 0 Å². The fourth-order valence-electron chi connectivity index (χ4n) is 2.55. The van der Waals surface area contributed by atoms with Gasteiger partial charge in [0.25, 0.3) is 0 Å². The number of nitrogens with one attached hydrogen (secondary N) is 2. The van der Waals surface area contributed by atoms with Gasteiger partial charge in [0.05, 0.1) is 0 Å². The summed E-state index contributed by atoms with van der Waals surface area (Å²) < 4.78 is 0. The van der Waals surface area contributed by atoms with E-state index in [1.54, 1.807) is 0 Å². The highest BCUT2D eigenvalue weighted by Crippen LogP contribution is 2.17. The third kappa shape index (κ3) is 6.24. The second kappa shape index (κ2) is 9.91.